The molecule has 0 saturated carbocycles. The lowest BCUT2D eigenvalue weighted by Gasteiger charge is -2.21. The predicted octanol–water partition coefficient (Wildman–Crippen LogP) is 8.36. The van der Waals surface area contributed by atoms with E-state index in [1.54, 1.807) is 0 Å². The van der Waals surface area contributed by atoms with E-state index in [0.717, 1.165) is 38.8 Å². The second-order valence-corrected chi connectivity index (χ2v) is 9.88. The Morgan fingerprint density at radius 1 is 0.714 bits per heavy atom. The first-order valence-electron chi connectivity index (χ1n) is 11.3. The topological polar surface area (TPSA) is 36.7 Å². The summed E-state index contributed by atoms with van der Waals surface area (Å²) in [6.45, 7) is 4.26. The number of nitrogens with zero attached hydrogens (tertiary/aromatic N) is 1. The number of hydrogen-bond acceptors (Lipinski definition) is 1. The van der Waals surface area contributed by atoms with Crippen LogP contribution in [0.3, 0.4) is 0 Å². The van der Waals surface area contributed by atoms with Gasteiger partial charge in [-0.25, -0.2) is 4.57 Å². The highest BCUT2D eigenvalue weighted by Crippen LogP contribution is 2.49. The van der Waals surface area contributed by atoms with Crippen molar-refractivity contribution in [2.45, 2.75) is 19.9 Å². The molecule has 0 amide bonds. The molecule has 3 aromatic carbocycles. The van der Waals surface area contributed by atoms with Crippen LogP contribution in [0.25, 0.3) is 44.3 Å². The highest BCUT2D eigenvalue weighted by atomic mass is 35.5. The number of hydrogen-bond donors (Lipinski definition) is 1. The Bertz CT molecular complexity index is 1600. The van der Waals surface area contributed by atoms with Crippen LogP contribution in [0.15, 0.2) is 90.0 Å². The summed E-state index contributed by atoms with van der Waals surface area (Å²) in [7, 11) is 0. The molecule has 5 aromatic rings. The number of rotatable bonds is 4. The molecule has 2 heterocycles. The monoisotopic (exact) mass is 519 g/mol. The zero-order valence-electron chi connectivity index (χ0n) is 19.1. The van der Waals surface area contributed by atoms with E-state index in [1.807, 2.05) is 67.0 Å². The molecule has 0 bridgehead atoms. The maximum atomic E-state index is 12.3. The van der Waals surface area contributed by atoms with Gasteiger partial charge >= 0.3 is 0 Å². The number of fused-ring (bicyclic) bond motifs is 1. The highest BCUT2D eigenvalue weighted by molar-refractivity contribution is 6.40. The van der Waals surface area contributed by atoms with Gasteiger partial charge in [-0.2, -0.15) is 0 Å². The maximum absolute atomic E-state index is 12.3. The molecule has 2 aromatic heterocycles. The third-order valence-electron chi connectivity index (χ3n) is 6.14. The Morgan fingerprint density at radius 3 is 2.03 bits per heavy atom. The standard InChI is InChI=1S/C29H21Cl3N2O/c1-17(2)34-14-12-18(13-15-34)21-16-25-20(10-11-26(35)33-25)27(19-6-3-4-7-22(19)30)28(21)29-23(31)8-5-9-24(29)32/h3-17H,1-2H3/p+1. The molecule has 0 aliphatic carbocycles. The van der Waals surface area contributed by atoms with Crippen LogP contribution in [0.2, 0.25) is 15.1 Å². The molecule has 5 rings (SSSR count). The maximum Gasteiger partial charge on any atom is 0.248 e. The van der Waals surface area contributed by atoms with Crippen LogP contribution in [-0.2, 0) is 0 Å². The molecule has 0 radical (unpaired) electrons. The van der Waals surface area contributed by atoms with Crippen LogP contribution < -0.4 is 10.1 Å². The summed E-state index contributed by atoms with van der Waals surface area (Å²) in [5.74, 6) is 0. The number of aromatic nitrogens is 2. The minimum absolute atomic E-state index is 0.178. The lowest BCUT2D eigenvalue weighted by Crippen LogP contribution is -2.34. The molecule has 35 heavy (non-hydrogen) atoms. The first kappa shape index (κ1) is 23.6. The van der Waals surface area contributed by atoms with Crippen molar-refractivity contribution < 1.29 is 4.57 Å². The molecule has 0 atom stereocenters. The van der Waals surface area contributed by atoms with E-state index in [9.17, 15) is 4.79 Å². The van der Waals surface area contributed by atoms with Gasteiger partial charge in [0.1, 0.15) is 0 Å². The number of halogens is 3. The van der Waals surface area contributed by atoms with Crippen LogP contribution in [0.5, 0.6) is 0 Å². The summed E-state index contributed by atoms with van der Waals surface area (Å²) >= 11 is 20.3. The average Bonchev–Trinajstić information content (AvgIpc) is 2.84. The Morgan fingerprint density at radius 2 is 1.37 bits per heavy atom. The van der Waals surface area contributed by atoms with Gasteiger partial charge in [-0.1, -0.05) is 59.1 Å². The first-order valence-corrected chi connectivity index (χ1v) is 12.4. The summed E-state index contributed by atoms with van der Waals surface area (Å²) < 4.78 is 2.13. The molecule has 0 aliphatic heterocycles. The summed E-state index contributed by atoms with van der Waals surface area (Å²) in [5, 5.41) is 2.50. The lowest BCUT2D eigenvalue weighted by molar-refractivity contribution is -0.716. The van der Waals surface area contributed by atoms with Crippen molar-refractivity contribution in [1.82, 2.24) is 4.98 Å². The van der Waals surface area contributed by atoms with Gasteiger partial charge in [0.15, 0.2) is 18.4 Å². The molecule has 174 valence electrons. The minimum atomic E-state index is -0.178. The minimum Gasteiger partial charge on any atom is -0.322 e. The summed E-state index contributed by atoms with van der Waals surface area (Å²) in [5.41, 5.74) is 5.64. The van der Waals surface area contributed by atoms with Gasteiger partial charge < -0.3 is 4.98 Å². The average molecular weight is 521 g/mol. The van der Waals surface area contributed by atoms with Gasteiger partial charge in [0, 0.05) is 66.4 Å². The van der Waals surface area contributed by atoms with E-state index in [-0.39, 0.29) is 5.56 Å². The Kier molecular flexibility index (Phi) is 6.41. The second-order valence-electron chi connectivity index (χ2n) is 8.66. The molecule has 3 nitrogen and oxygen atoms in total. The van der Waals surface area contributed by atoms with Crippen molar-refractivity contribution in [1.29, 1.82) is 0 Å². The van der Waals surface area contributed by atoms with Gasteiger partial charge in [0.25, 0.3) is 0 Å². The van der Waals surface area contributed by atoms with Crippen LogP contribution in [0.4, 0.5) is 0 Å². The van der Waals surface area contributed by atoms with Gasteiger partial charge in [0.2, 0.25) is 5.56 Å². The third kappa shape index (κ3) is 4.36. The molecule has 6 heteroatoms. The number of aromatic amines is 1. The van der Waals surface area contributed by atoms with E-state index >= 15 is 0 Å². The van der Waals surface area contributed by atoms with Crippen LogP contribution in [-0.4, -0.2) is 4.98 Å². The highest BCUT2D eigenvalue weighted by Gasteiger charge is 2.24. The van der Waals surface area contributed by atoms with Gasteiger partial charge in [0.05, 0.1) is 0 Å². The van der Waals surface area contributed by atoms with Gasteiger partial charge in [-0.05, 0) is 55.3 Å². The van der Waals surface area contributed by atoms with E-state index in [4.69, 9.17) is 34.8 Å². The smallest absolute Gasteiger partial charge is 0.248 e. The van der Waals surface area contributed by atoms with Crippen molar-refractivity contribution in [3.05, 3.63) is 111 Å². The number of nitrogens with one attached hydrogen (secondary N) is 1. The Balaban J connectivity index is 2.00. The summed E-state index contributed by atoms with van der Waals surface area (Å²) in [6.07, 6.45) is 4.09. The van der Waals surface area contributed by atoms with Gasteiger partial charge in [-0.15, -0.1) is 0 Å². The lowest BCUT2D eigenvalue weighted by atomic mass is 9.85. The van der Waals surface area contributed by atoms with Crippen molar-refractivity contribution in [2.75, 3.05) is 0 Å². The molecular formula is C29H22Cl3N2O+. The Hall–Kier alpha value is -3.11. The van der Waals surface area contributed by atoms with Crippen LogP contribution in [0, 0.1) is 0 Å². The molecule has 1 N–H and O–H groups in total. The molecule has 0 aliphatic rings. The zero-order valence-corrected chi connectivity index (χ0v) is 21.4. The second kappa shape index (κ2) is 9.50. The van der Waals surface area contributed by atoms with Crippen molar-refractivity contribution >= 4 is 45.7 Å². The summed E-state index contributed by atoms with van der Waals surface area (Å²) in [4.78, 5) is 15.3. The van der Waals surface area contributed by atoms with E-state index in [0.29, 0.717) is 26.6 Å². The van der Waals surface area contributed by atoms with Crippen molar-refractivity contribution in [3.63, 3.8) is 0 Å². The van der Waals surface area contributed by atoms with Crippen molar-refractivity contribution in [2.24, 2.45) is 0 Å². The number of benzene rings is 3. The number of H-pyrrole nitrogens is 1. The SMILES string of the molecule is CC(C)[n+]1ccc(-c2cc3[nH]c(=O)ccc3c(-c3ccccc3Cl)c2-c2c(Cl)cccc2Cl)cc1. The molecular weight excluding hydrogens is 499 g/mol. The summed E-state index contributed by atoms with van der Waals surface area (Å²) in [6, 6.07) is 22.9. The van der Waals surface area contributed by atoms with Crippen LogP contribution in [0.1, 0.15) is 19.9 Å². The van der Waals surface area contributed by atoms with E-state index in [1.165, 1.54) is 6.07 Å². The Labute approximate surface area is 218 Å². The van der Waals surface area contributed by atoms with Crippen molar-refractivity contribution in [3.8, 4) is 33.4 Å². The predicted molar refractivity (Wildman–Crippen MR) is 146 cm³/mol. The fourth-order valence-corrected chi connectivity index (χ4v) is 5.25. The van der Waals surface area contributed by atoms with E-state index < -0.39 is 0 Å². The fourth-order valence-electron chi connectivity index (χ4n) is 4.44. The first-order chi connectivity index (χ1) is 16.8. The molecule has 0 saturated heterocycles. The molecule has 0 fully saturated rings. The third-order valence-corrected chi connectivity index (χ3v) is 7.10. The van der Waals surface area contributed by atoms with E-state index in [2.05, 4.69) is 35.5 Å². The van der Waals surface area contributed by atoms with Gasteiger partial charge in [-0.3, -0.25) is 4.79 Å². The van der Waals surface area contributed by atoms with Crippen LogP contribution >= 0.6 is 34.8 Å². The normalized spacial score (nSPS) is 11.4. The molecule has 0 spiro atoms. The zero-order chi connectivity index (χ0) is 24.7. The quantitative estimate of drug-likeness (QED) is 0.237. The fraction of sp³-hybridized carbons (Fsp3) is 0.103. The molecule has 0 unspecified atom stereocenters. The largest absolute Gasteiger partial charge is 0.322 e. The number of pyridine rings is 2.